The van der Waals surface area contributed by atoms with Crippen LogP contribution in [0.3, 0.4) is 0 Å². The van der Waals surface area contributed by atoms with E-state index in [2.05, 4.69) is 34.7 Å². The molecule has 0 aliphatic carbocycles. The summed E-state index contributed by atoms with van der Waals surface area (Å²) >= 11 is 7.40. The standard InChI is InChI=1S/C14H14N4O3.2CNS/c19-15-9-13-1-5-17(6-2-13)11-21-12-18-7-3-14(4-8-18)10-16-20;2*2-1-3/h1-10H,11-12H2;;/q;2*-1/p+2. The summed E-state index contributed by atoms with van der Waals surface area (Å²) in [6, 6.07) is 7.27. The third-order valence-electron chi connectivity index (χ3n) is 2.73. The zero-order valence-corrected chi connectivity index (χ0v) is 15.6. The number of isothiocyanates is 2. The lowest BCUT2D eigenvalue weighted by Crippen LogP contribution is -2.40. The third kappa shape index (κ3) is 11.9. The zero-order valence-electron chi connectivity index (χ0n) is 14.0. The van der Waals surface area contributed by atoms with E-state index in [1.165, 1.54) is 22.8 Å². The number of hydrogen-bond acceptors (Lipinski definition) is 7. The molecule has 0 aromatic carbocycles. The SMILES string of the molecule is O/N=C\c1cc[n+](COC[n+]2ccc(/C=N\O)cc2)cc1.[N-]=C=S.[N-]=C=S. The van der Waals surface area contributed by atoms with E-state index >= 15 is 0 Å². The quantitative estimate of drug-likeness (QED) is 0.250. The molecule has 2 aromatic rings. The smallest absolute Gasteiger partial charge is 0.257 e. The average molecular weight is 404 g/mol. The van der Waals surface area contributed by atoms with E-state index < -0.39 is 0 Å². The van der Waals surface area contributed by atoms with Gasteiger partial charge in [0, 0.05) is 35.4 Å². The Bertz CT molecular complexity index is 715. The van der Waals surface area contributed by atoms with Gasteiger partial charge in [0.05, 0.1) is 12.4 Å². The summed E-state index contributed by atoms with van der Waals surface area (Å²) in [6.45, 7) is 0.812. The maximum absolute atomic E-state index is 8.42. The van der Waals surface area contributed by atoms with Crippen LogP contribution < -0.4 is 9.13 Å². The van der Waals surface area contributed by atoms with E-state index in [0.29, 0.717) is 13.5 Å². The van der Waals surface area contributed by atoms with Gasteiger partial charge in [-0.15, -0.1) is 0 Å². The van der Waals surface area contributed by atoms with E-state index in [1.54, 1.807) is 0 Å². The fraction of sp³-hybridized carbons (Fsp3) is 0.125. The fourth-order valence-electron chi connectivity index (χ4n) is 1.67. The van der Waals surface area contributed by atoms with Crippen molar-refractivity contribution in [3.05, 3.63) is 71.0 Å². The van der Waals surface area contributed by atoms with Gasteiger partial charge in [0.15, 0.2) is 24.8 Å². The molecule has 0 unspecified atom stereocenters. The van der Waals surface area contributed by atoms with Crippen LogP contribution in [-0.4, -0.2) is 33.2 Å². The minimum Gasteiger partial charge on any atom is -0.753 e. The lowest BCUT2D eigenvalue weighted by atomic mass is 10.3. The second kappa shape index (κ2) is 16.3. The average Bonchev–Trinajstić information content (AvgIpc) is 2.66. The number of pyridine rings is 2. The van der Waals surface area contributed by atoms with Crippen LogP contribution in [0.4, 0.5) is 0 Å². The number of nitrogens with zero attached hydrogens (tertiary/aromatic N) is 6. The number of hydrogen-bond donors (Lipinski definition) is 2. The molecule has 2 rings (SSSR count). The van der Waals surface area contributed by atoms with Gasteiger partial charge in [0.25, 0.3) is 13.5 Å². The second-order valence-corrected chi connectivity index (χ2v) is 4.79. The Morgan fingerprint density at radius 1 is 0.852 bits per heavy atom. The molecular formula is C16H16N6O3S2. The van der Waals surface area contributed by atoms with Crippen LogP contribution >= 0.6 is 24.4 Å². The van der Waals surface area contributed by atoms with Crippen molar-refractivity contribution in [3.8, 4) is 0 Å². The highest BCUT2D eigenvalue weighted by molar-refractivity contribution is 7.78. The van der Waals surface area contributed by atoms with Crippen molar-refractivity contribution in [2.24, 2.45) is 10.3 Å². The molecule has 0 saturated carbocycles. The van der Waals surface area contributed by atoms with Gasteiger partial charge in [-0.3, -0.25) is 4.74 Å². The van der Waals surface area contributed by atoms with Crippen LogP contribution in [0.15, 0.2) is 59.4 Å². The molecule has 2 N–H and O–H groups in total. The third-order valence-corrected chi connectivity index (χ3v) is 2.73. The summed E-state index contributed by atoms with van der Waals surface area (Å²) in [6.07, 6.45) is 10.1. The molecule has 0 aliphatic heterocycles. The first-order valence-electron chi connectivity index (χ1n) is 7.08. The largest absolute Gasteiger partial charge is 0.753 e. The maximum Gasteiger partial charge on any atom is 0.257 e. The predicted octanol–water partition coefficient (Wildman–Crippen LogP) is 1.83. The second-order valence-electron chi connectivity index (χ2n) is 4.43. The van der Waals surface area contributed by atoms with Crippen molar-refractivity contribution in [1.29, 1.82) is 0 Å². The van der Waals surface area contributed by atoms with Gasteiger partial charge < -0.3 is 21.2 Å². The highest BCUT2D eigenvalue weighted by Gasteiger charge is 2.04. The molecule has 2 heterocycles. The normalized spacial score (nSPS) is 9.48. The molecule has 0 fully saturated rings. The summed E-state index contributed by atoms with van der Waals surface area (Å²) in [5.41, 5.74) is 1.62. The number of rotatable bonds is 6. The minimum atomic E-state index is 0.406. The Kier molecular flexibility index (Phi) is 14.3. The van der Waals surface area contributed by atoms with Gasteiger partial charge >= 0.3 is 0 Å². The molecule has 2 aromatic heterocycles. The highest BCUT2D eigenvalue weighted by Crippen LogP contribution is 1.91. The molecule has 11 heteroatoms. The first-order chi connectivity index (χ1) is 13.1. The summed E-state index contributed by atoms with van der Waals surface area (Å²) in [4.78, 5) is 0. The number of aromatic nitrogens is 2. The van der Waals surface area contributed by atoms with E-state index in [0.717, 1.165) is 11.1 Å². The van der Waals surface area contributed by atoms with E-state index in [9.17, 15) is 0 Å². The lowest BCUT2D eigenvalue weighted by molar-refractivity contribution is -0.788. The van der Waals surface area contributed by atoms with Gasteiger partial charge in [-0.2, -0.15) is 19.5 Å². The van der Waals surface area contributed by atoms with Crippen molar-refractivity contribution in [3.63, 3.8) is 0 Å². The van der Waals surface area contributed by atoms with Crippen LogP contribution in [0, 0.1) is 0 Å². The van der Waals surface area contributed by atoms with Crippen molar-refractivity contribution >= 4 is 47.2 Å². The Balaban J connectivity index is 0.000000997. The fourth-order valence-corrected chi connectivity index (χ4v) is 1.67. The number of thiocarbonyl (C=S) groups is 2. The van der Waals surface area contributed by atoms with E-state index in [4.69, 9.17) is 26.0 Å². The first-order valence-corrected chi connectivity index (χ1v) is 7.90. The van der Waals surface area contributed by atoms with Gasteiger partial charge in [-0.05, 0) is 0 Å². The van der Waals surface area contributed by atoms with Gasteiger partial charge in [-0.25, -0.2) is 0 Å². The molecule has 0 aliphatic rings. The topological polar surface area (TPSA) is 127 Å². The van der Waals surface area contributed by atoms with Crippen molar-refractivity contribution < 1.29 is 24.3 Å². The van der Waals surface area contributed by atoms with Gasteiger partial charge in [0.2, 0.25) is 0 Å². The molecule has 0 bridgehead atoms. The van der Waals surface area contributed by atoms with Crippen LogP contribution in [0.5, 0.6) is 0 Å². The van der Waals surface area contributed by atoms with Gasteiger partial charge in [0.1, 0.15) is 0 Å². The Hall–Kier alpha value is -3.20. The van der Waals surface area contributed by atoms with Crippen molar-refractivity contribution in [1.82, 2.24) is 0 Å². The highest BCUT2D eigenvalue weighted by atomic mass is 32.1. The summed E-state index contributed by atoms with van der Waals surface area (Å²) in [5, 5.41) is 39.7. The summed E-state index contributed by atoms with van der Waals surface area (Å²) in [7, 11) is 0. The minimum absolute atomic E-state index is 0.406. The van der Waals surface area contributed by atoms with Crippen LogP contribution in [-0.2, 0) is 18.2 Å². The molecule has 0 saturated heterocycles. The number of ether oxygens (including phenoxy) is 1. The van der Waals surface area contributed by atoms with Crippen LogP contribution in [0.25, 0.3) is 10.8 Å². The lowest BCUT2D eigenvalue weighted by Gasteiger charge is -1.98. The maximum atomic E-state index is 8.42. The number of oxime groups is 2. The van der Waals surface area contributed by atoms with Crippen LogP contribution in [0.1, 0.15) is 11.1 Å². The van der Waals surface area contributed by atoms with Crippen molar-refractivity contribution in [2.75, 3.05) is 0 Å². The first kappa shape index (κ1) is 23.8. The molecule has 140 valence electrons. The van der Waals surface area contributed by atoms with E-state index in [-0.39, 0.29) is 0 Å². The molecule has 0 atom stereocenters. The Labute approximate surface area is 166 Å². The summed E-state index contributed by atoms with van der Waals surface area (Å²) in [5.74, 6) is 0. The molecular weight excluding hydrogens is 388 g/mol. The van der Waals surface area contributed by atoms with Crippen molar-refractivity contribution in [2.45, 2.75) is 13.5 Å². The molecule has 0 radical (unpaired) electrons. The van der Waals surface area contributed by atoms with Crippen LogP contribution in [0.2, 0.25) is 0 Å². The predicted molar refractivity (Wildman–Crippen MR) is 105 cm³/mol. The Morgan fingerprint density at radius 2 is 1.15 bits per heavy atom. The molecule has 0 amide bonds. The Morgan fingerprint density at radius 3 is 1.41 bits per heavy atom. The molecule has 0 spiro atoms. The zero-order chi connectivity index (χ0) is 20.3. The monoisotopic (exact) mass is 404 g/mol. The van der Waals surface area contributed by atoms with E-state index in [1.807, 2.05) is 58.2 Å². The molecule has 27 heavy (non-hydrogen) atoms. The summed E-state index contributed by atoms with van der Waals surface area (Å²) < 4.78 is 9.29. The molecule has 9 nitrogen and oxygen atoms in total. The van der Waals surface area contributed by atoms with Gasteiger partial charge in [-0.1, -0.05) is 34.7 Å².